The van der Waals surface area contributed by atoms with E-state index in [2.05, 4.69) is 11.8 Å². The molecule has 1 saturated heterocycles. The fourth-order valence-electron chi connectivity index (χ4n) is 1.97. The van der Waals surface area contributed by atoms with Crippen LogP contribution in [0.3, 0.4) is 0 Å². The van der Waals surface area contributed by atoms with Crippen molar-refractivity contribution in [1.29, 1.82) is 0 Å². The fourth-order valence-corrected chi connectivity index (χ4v) is 2.98. The molecule has 2 N–H and O–H groups in total. The van der Waals surface area contributed by atoms with E-state index in [0.717, 1.165) is 24.4 Å². The summed E-state index contributed by atoms with van der Waals surface area (Å²) >= 11 is 1.95. The molecule has 0 aromatic heterocycles. The highest BCUT2D eigenvalue weighted by Crippen LogP contribution is 2.26. The molecule has 1 aliphatic rings. The van der Waals surface area contributed by atoms with Gasteiger partial charge in [0.2, 0.25) is 0 Å². The number of halogens is 1. The van der Waals surface area contributed by atoms with Crippen LogP contribution in [0.2, 0.25) is 0 Å². The number of rotatable bonds is 2. The molecule has 0 bridgehead atoms. The summed E-state index contributed by atoms with van der Waals surface area (Å²) in [6, 6.07) is 5.30. The molecule has 0 aliphatic carbocycles. The molecule has 0 spiro atoms. The third kappa shape index (κ3) is 2.50. The average Bonchev–Trinajstić information content (AvgIpc) is 2.28. The van der Waals surface area contributed by atoms with Gasteiger partial charge >= 0.3 is 0 Å². The standard InChI is InChI=1S/C12H17FN2S/c1-9-8-15(4-5-16-9)12-3-2-10(7-14)6-11(12)13/h2-3,6,9H,4-5,7-8,14H2,1H3. The zero-order valence-corrected chi connectivity index (χ0v) is 10.3. The number of nitrogens with zero attached hydrogens (tertiary/aromatic N) is 1. The van der Waals surface area contributed by atoms with Crippen molar-refractivity contribution in [3.63, 3.8) is 0 Å². The van der Waals surface area contributed by atoms with Crippen LogP contribution in [0.25, 0.3) is 0 Å². The van der Waals surface area contributed by atoms with E-state index in [9.17, 15) is 4.39 Å². The second-order valence-electron chi connectivity index (χ2n) is 4.12. The average molecular weight is 240 g/mol. The van der Waals surface area contributed by atoms with Crippen molar-refractivity contribution < 1.29 is 4.39 Å². The van der Waals surface area contributed by atoms with Gasteiger partial charge in [0.1, 0.15) is 5.82 Å². The number of hydrogen-bond acceptors (Lipinski definition) is 3. The Bertz CT molecular complexity index is 370. The van der Waals surface area contributed by atoms with Crippen molar-refractivity contribution in [3.05, 3.63) is 29.6 Å². The number of benzene rings is 1. The summed E-state index contributed by atoms with van der Waals surface area (Å²) < 4.78 is 13.8. The third-order valence-corrected chi connectivity index (χ3v) is 3.97. The SMILES string of the molecule is CC1CN(c2ccc(CN)cc2F)CCS1. The quantitative estimate of drug-likeness (QED) is 0.859. The Balaban J connectivity index is 2.19. The minimum atomic E-state index is -0.151. The summed E-state index contributed by atoms with van der Waals surface area (Å²) in [5, 5.41) is 0.572. The summed E-state index contributed by atoms with van der Waals surface area (Å²) in [6.45, 7) is 4.42. The molecule has 1 unspecified atom stereocenters. The van der Waals surface area contributed by atoms with Crippen LogP contribution in [-0.2, 0) is 6.54 Å². The first-order valence-electron chi connectivity index (χ1n) is 5.55. The van der Waals surface area contributed by atoms with Gasteiger partial charge in [-0.1, -0.05) is 13.0 Å². The molecule has 1 fully saturated rings. The molecule has 88 valence electrons. The van der Waals surface area contributed by atoms with Crippen LogP contribution in [0.5, 0.6) is 0 Å². The molecule has 2 rings (SSSR count). The molecule has 0 radical (unpaired) electrons. The van der Waals surface area contributed by atoms with Crippen molar-refractivity contribution >= 4 is 17.4 Å². The van der Waals surface area contributed by atoms with Crippen molar-refractivity contribution in [2.45, 2.75) is 18.7 Å². The molecule has 0 saturated carbocycles. The fraction of sp³-hybridized carbons (Fsp3) is 0.500. The van der Waals surface area contributed by atoms with Gasteiger partial charge in [0, 0.05) is 30.6 Å². The maximum atomic E-state index is 13.8. The summed E-state index contributed by atoms with van der Waals surface area (Å²) in [4.78, 5) is 2.12. The van der Waals surface area contributed by atoms with Crippen LogP contribution in [0.1, 0.15) is 12.5 Å². The van der Waals surface area contributed by atoms with Crippen LogP contribution in [0.4, 0.5) is 10.1 Å². The molecule has 1 aliphatic heterocycles. The molecule has 0 amide bonds. The van der Waals surface area contributed by atoms with Gasteiger partial charge < -0.3 is 10.6 Å². The zero-order chi connectivity index (χ0) is 11.5. The van der Waals surface area contributed by atoms with E-state index in [-0.39, 0.29) is 5.82 Å². The summed E-state index contributed by atoms with van der Waals surface area (Å²) in [6.07, 6.45) is 0. The first kappa shape index (κ1) is 11.7. The largest absolute Gasteiger partial charge is 0.367 e. The van der Waals surface area contributed by atoms with E-state index < -0.39 is 0 Å². The molecule has 1 atom stereocenters. The van der Waals surface area contributed by atoms with Crippen molar-refractivity contribution in [1.82, 2.24) is 0 Å². The predicted molar refractivity (Wildman–Crippen MR) is 68.4 cm³/mol. The minimum absolute atomic E-state index is 0.151. The lowest BCUT2D eigenvalue weighted by Gasteiger charge is -2.32. The van der Waals surface area contributed by atoms with E-state index in [0.29, 0.717) is 17.5 Å². The lowest BCUT2D eigenvalue weighted by atomic mass is 10.1. The van der Waals surface area contributed by atoms with Crippen LogP contribution in [-0.4, -0.2) is 24.1 Å². The Labute approximate surface area is 100 Å². The van der Waals surface area contributed by atoms with Gasteiger partial charge in [-0.2, -0.15) is 11.8 Å². The van der Waals surface area contributed by atoms with Crippen LogP contribution >= 0.6 is 11.8 Å². The van der Waals surface area contributed by atoms with Gasteiger partial charge in [-0.25, -0.2) is 4.39 Å². The lowest BCUT2D eigenvalue weighted by molar-refractivity contribution is 0.614. The monoisotopic (exact) mass is 240 g/mol. The summed E-state index contributed by atoms with van der Waals surface area (Å²) in [7, 11) is 0. The predicted octanol–water partition coefficient (Wildman–Crippen LogP) is 2.23. The van der Waals surface area contributed by atoms with Gasteiger partial charge in [0.15, 0.2) is 0 Å². The Morgan fingerprint density at radius 1 is 1.56 bits per heavy atom. The third-order valence-electron chi connectivity index (χ3n) is 2.83. The first-order valence-corrected chi connectivity index (χ1v) is 6.60. The minimum Gasteiger partial charge on any atom is -0.367 e. The first-order chi connectivity index (χ1) is 7.70. The van der Waals surface area contributed by atoms with E-state index in [4.69, 9.17) is 5.73 Å². The molecule has 1 heterocycles. The molecule has 1 aromatic rings. The molecule has 1 aromatic carbocycles. The number of thioether (sulfide) groups is 1. The molecule has 2 nitrogen and oxygen atoms in total. The maximum absolute atomic E-state index is 13.8. The van der Waals surface area contributed by atoms with Gasteiger partial charge in [-0.15, -0.1) is 0 Å². The molecule has 4 heteroatoms. The van der Waals surface area contributed by atoms with E-state index in [1.807, 2.05) is 23.9 Å². The molecule has 16 heavy (non-hydrogen) atoms. The summed E-state index contributed by atoms with van der Waals surface area (Å²) in [5.74, 6) is 0.918. The van der Waals surface area contributed by atoms with Gasteiger partial charge in [0.05, 0.1) is 5.69 Å². The van der Waals surface area contributed by atoms with Gasteiger partial charge in [-0.05, 0) is 17.7 Å². The lowest BCUT2D eigenvalue weighted by Crippen LogP contribution is -2.37. The summed E-state index contributed by atoms with van der Waals surface area (Å²) in [5.41, 5.74) is 7.05. The Morgan fingerprint density at radius 2 is 2.38 bits per heavy atom. The van der Waals surface area contributed by atoms with Crippen LogP contribution in [0, 0.1) is 5.82 Å². The Kier molecular flexibility index (Phi) is 3.71. The van der Waals surface area contributed by atoms with Gasteiger partial charge in [-0.3, -0.25) is 0 Å². The normalized spacial score (nSPS) is 21.2. The van der Waals surface area contributed by atoms with Crippen molar-refractivity contribution in [2.75, 3.05) is 23.7 Å². The second kappa shape index (κ2) is 5.06. The molecular formula is C12H17FN2S. The van der Waals surface area contributed by atoms with Gasteiger partial charge in [0.25, 0.3) is 0 Å². The molecular weight excluding hydrogens is 223 g/mol. The highest BCUT2D eigenvalue weighted by Gasteiger charge is 2.19. The number of nitrogens with two attached hydrogens (primary N) is 1. The maximum Gasteiger partial charge on any atom is 0.146 e. The second-order valence-corrected chi connectivity index (χ2v) is 5.66. The number of hydrogen-bond donors (Lipinski definition) is 1. The Hall–Kier alpha value is -0.740. The van der Waals surface area contributed by atoms with Crippen molar-refractivity contribution in [2.24, 2.45) is 5.73 Å². The van der Waals surface area contributed by atoms with E-state index in [1.165, 1.54) is 0 Å². The highest BCUT2D eigenvalue weighted by atomic mass is 32.2. The number of anilines is 1. The van der Waals surface area contributed by atoms with Crippen LogP contribution in [0.15, 0.2) is 18.2 Å². The van der Waals surface area contributed by atoms with E-state index in [1.54, 1.807) is 6.07 Å². The smallest absolute Gasteiger partial charge is 0.146 e. The Morgan fingerprint density at radius 3 is 3.00 bits per heavy atom. The van der Waals surface area contributed by atoms with Crippen molar-refractivity contribution in [3.8, 4) is 0 Å². The highest BCUT2D eigenvalue weighted by molar-refractivity contribution is 8.00. The topological polar surface area (TPSA) is 29.3 Å². The zero-order valence-electron chi connectivity index (χ0n) is 9.45. The van der Waals surface area contributed by atoms with E-state index >= 15 is 0 Å². The van der Waals surface area contributed by atoms with Crippen LogP contribution < -0.4 is 10.6 Å².